The molecule has 0 spiro atoms. The van der Waals surface area contributed by atoms with Crippen LogP contribution in [-0.2, 0) is 30.7 Å². The molecule has 0 radical (unpaired) electrons. The van der Waals surface area contributed by atoms with Gasteiger partial charge in [-0.15, -0.1) is 0 Å². The number of nitrogens with one attached hydrogen (secondary N) is 1. The van der Waals surface area contributed by atoms with E-state index in [1.165, 1.54) is 18.2 Å². The van der Waals surface area contributed by atoms with E-state index in [0.717, 1.165) is 43.4 Å². The fraction of sp³-hybridized carbons (Fsp3) is 0.396. The van der Waals surface area contributed by atoms with E-state index in [9.17, 15) is 41.5 Å². The molecule has 5 amide bonds. The molecule has 0 aliphatic carbocycles. The monoisotopic (exact) mass is 902 g/mol. The third-order valence-corrected chi connectivity index (χ3v) is 11.4. The summed E-state index contributed by atoms with van der Waals surface area (Å²) in [7, 11) is 4.03. The Morgan fingerprint density at radius 3 is 1.37 bits per heavy atom. The summed E-state index contributed by atoms with van der Waals surface area (Å²) < 4.78 is 54.2. The molecule has 0 saturated carbocycles. The van der Waals surface area contributed by atoms with Crippen molar-refractivity contribution >= 4 is 29.5 Å². The summed E-state index contributed by atoms with van der Waals surface area (Å²) in [5.74, 6) is -3.75. The Kier molecular flexibility index (Phi) is 19.0. The number of Topliss-reactive ketones (excluding diaryl/α,β-unsaturated/α-hetero) is 2. The first-order valence-corrected chi connectivity index (χ1v) is 21.6. The van der Waals surface area contributed by atoms with E-state index in [-0.39, 0.29) is 54.2 Å². The third-order valence-electron chi connectivity index (χ3n) is 11.4. The lowest BCUT2D eigenvalue weighted by atomic mass is 10.1. The zero-order valence-electron chi connectivity index (χ0n) is 36.9. The molecule has 2 aliphatic heterocycles. The van der Waals surface area contributed by atoms with Crippen molar-refractivity contribution in [2.75, 3.05) is 92.6 Å². The Bertz CT molecular complexity index is 2200. The fourth-order valence-corrected chi connectivity index (χ4v) is 7.27. The minimum absolute atomic E-state index is 0.0143. The molecule has 65 heavy (non-hydrogen) atoms. The van der Waals surface area contributed by atoms with Crippen LogP contribution in [0, 0.1) is 11.6 Å². The Balaban J connectivity index is 0.000000247. The zero-order valence-corrected chi connectivity index (χ0v) is 36.9. The van der Waals surface area contributed by atoms with Gasteiger partial charge in [-0.25, -0.2) is 18.4 Å². The molecule has 0 aromatic heterocycles. The average molecular weight is 903 g/mol. The number of halogens is 4. The van der Waals surface area contributed by atoms with Crippen LogP contribution in [0.1, 0.15) is 43.0 Å². The van der Waals surface area contributed by atoms with E-state index in [1.54, 1.807) is 26.8 Å². The van der Waals surface area contributed by atoms with Crippen LogP contribution in [0.15, 0.2) is 97.1 Å². The Morgan fingerprint density at radius 1 is 0.600 bits per heavy atom. The number of ketones is 2. The summed E-state index contributed by atoms with van der Waals surface area (Å²) in [5.41, 5.74) is 8.36. The maximum Gasteiger partial charge on any atom is 0.320 e. The predicted octanol–water partition coefficient (Wildman–Crippen LogP) is 5.18. The van der Waals surface area contributed by atoms with Crippen LogP contribution >= 0.6 is 0 Å². The van der Waals surface area contributed by atoms with Crippen molar-refractivity contribution in [3.63, 3.8) is 0 Å². The first-order chi connectivity index (χ1) is 31.2. The number of nitrogens with zero attached hydrogens (tertiary/aromatic N) is 6. The average Bonchev–Trinajstić information content (AvgIpc) is 3.32. The summed E-state index contributed by atoms with van der Waals surface area (Å²) >= 11 is 0. The first-order valence-electron chi connectivity index (χ1n) is 21.6. The summed E-state index contributed by atoms with van der Waals surface area (Å²) in [5, 5.41) is 1.81. The van der Waals surface area contributed by atoms with Crippen LogP contribution in [0.25, 0.3) is 0 Å². The van der Waals surface area contributed by atoms with Crippen molar-refractivity contribution in [3.05, 3.63) is 142 Å². The van der Waals surface area contributed by atoms with Gasteiger partial charge in [-0.1, -0.05) is 84.9 Å². The molecule has 0 bridgehead atoms. The van der Waals surface area contributed by atoms with E-state index in [1.807, 2.05) is 85.0 Å². The van der Waals surface area contributed by atoms with Crippen molar-refractivity contribution in [1.29, 1.82) is 0 Å². The standard InChI is InChI=1S/C25H29F3N4O3.C23H29FN4O2/c1-30-11-13-31(14-12-30)25(35)32(10-9-18-5-3-2-4-6-18)17-20-8-7-19(15-21(20)26)22(33)16-29-24(34)23(27)28;1-26-11-13-27(14-12-26)23(30)28(10-9-18-5-3-2-4-6-18)17-20-8-7-19(15-21(20)24)22(29)16-25/h2-8,15,23H,9-14,16-17H2,1H3,(H,29,34);2-8,15H,9-14,16-17,25H2,1H3. The number of hydrogen-bond acceptors (Lipinski definition) is 8. The molecular formula is C48H58F4N8O5. The van der Waals surface area contributed by atoms with E-state index < -0.39 is 36.3 Å². The molecule has 348 valence electrons. The molecule has 4 aromatic carbocycles. The lowest BCUT2D eigenvalue weighted by molar-refractivity contribution is -0.131. The Morgan fingerprint density at radius 2 is 1.00 bits per heavy atom. The number of hydrogen-bond donors (Lipinski definition) is 2. The molecule has 4 aromatic rings. The van der Waals surface area contributed by atoms with Gasteiger partial charge in [-0.05, 0) is 50.2 Å². The fourth-order valence-electron chi connectivity index (χ4n) is 7.27. The van der Waals surface area contributed by atoms with Gasteiger partial charge in [0.1, 0.15) is 11.6 Å². The van der Waals surface area contributed by atoms with Gasteiger partial charge in [0, 0.05) is 87.7 Å². The number of carbonyl (C=O) groups is 5. The van der Waals surface area contributed by atoms with Crippen LogP contribution in [-0.4, -0.2) is 158 Å². The van der Waals surface area contributed by atoms with Gasteiger partial charge in [-0.2, -0.15) is 8.78 Å². The quantitative estimate of drug-likeness (QED) is 0.116. The van der Waals surface area contributed by atoms with Gasteiger partial charge < -0.3 is 40.4 Å². The highest BCUT2D eigenvalue weighted by atomic mass is 19.3. The number of amides is 5. The van der Waals surface area contributed by atoms with Crippen molar-refractivity contribution in [1.82, 2.24) is 34.7 Å². The Labute approximate surface area is 377 Å². The topological polar surface area (TPSA) is 143 Å². The highest BCUT2D eigenvalue weighted by Gasteiger charge is 2.27. The number of alkyl halides is 2. The smallest absolute Gasteiger partial charge is 0.320 e. The summed E-state index contributed by atoms with van der Waals surface area (Å²) in [6, 6.07) is 27.5. The third kappa shape index (κ3) is 15.2. The maximum absolute atomic E-state index is 14.9. The van der Waals surface area contributed by atoms with Gasteiger partial charge in [0.25, 0.3) is 5.91 Å². The second kappa shape index (κ2) is 24.8. The minimum Gasteiger partial charge on any atom is -0.344 e. The number of nitrogens with two attached hydrogens (primary N) is 1. The van der Waals surface area contributed by atoms with E-state index in [4.69, 9.17) is 5.73 Å². The number of urea groups is 2. The number of likely N-dealkylation sites (N-methyl/N-ethyl adjacent to an activating group) is 2. The van der Waals surface area contributed by atoms with Gasteiger partial charge in [0.05, 0.1) is 26.2 Å². The lowest BCUT2D eigenvalue weighted by Gasteiger charge is -2.36. The summed E-state index contributed by atoms with van der Waals surface area (Å²) in [6.07, 6.45) is -1.95. The number of piperazine rings is 2. The molecule has 17 heteroatoms. The number of benzene rings is 4. The highest BCUT2D eigenvalue weighted by molar-refractivity contribution is 5.99. The first kappa shape index (κ1) is 49.8. The molecule has 13 nitrogen and oxygen atoms in total. The molecule has 2 aliphatic rings. The van der Waals surface area contributed by atoms with Gasteiger partial charge in [0.2, 0.25) is 0 Å². The molecule has 2 heterocycles. The van der Waals surface area contributed by atoms with E-state index in [0.29, 0.717) is 57.7 Å². The van der Waals surface area contributed by atoms with Gasteiger partial charge >= 0.3 is 18.5 Å². The lowest BCUT2D eigenvalue weighted by Crippen LogP contribution is -2.52. The molecule has 0 unspecified atom stereocenters. The SMILES string of the molecule is CN1CCN(C(=O)N(CCc2ccccc2)Cc2ccc(C(=O)CN)cc2F)CC1.CN1CCN(C(=O)N(CCc2ccccc2)Cc2ccc(C(=O)CNC(=O)C(F)F)cc2F)CC1. The molecule has 0 atom stereocenters. The van der Waals surface area contributed by atoms with Crippen LogP contribution in [0.5, 0.6) is 0 Å². The second-order valence-corrected chi connectivity index (χ2v) is 16.1. The van der Waals surface area contributed by atoms with Crippen LogP contribution in [0.2, 0.25) is 0 Å². The second-order valence-electron chi connectivity index (χ2n) is 16.1. The summed E-state index contributed by atoms with van der Waals surface area (Å²) in [4.78, 5) is 72.5. The van der Waals surface area contributed by atoms with Crippen LogP contribution < -0.4 is 11.1 Å². The van der Waals surface area contributed by atoms with Gasteiger partial charge in [0.15, 0.2) is 11.6 Å². The highest BCUT2D eigenvalue weighted by Crippen LogP contribution is 2.19. The molecule has 3 N–H and O–H groups in total. The van der Waals surface area contributed by atoms with Crippen molar-refractivity contribution in [3.8, 4) is 0 Å². The van der Waals surface area contributed by atoms with Gasteiger partial charge in [-0.3, -0.25) is 14.4 Å². The normalized spacial score (nSPS) is 14.3. The molecule has 2 fully saturated rings. The zero-order chi connectivity index (χ0) is 46.9. The molecule has 6 rings (SSSR count). The Hall–Kier alpha value is -6.17. The molecule has 2 saturated heterocycles. The van der Waals surface area contributed by atoms with E-state index in [2.05, 4.69) is 9.80 Å². The largest absolute Gasteiger partial charge is 0.344 e. The predicted molar refractivity (Wildman–Crippen MR) is 240 cm³/mol. The summed E-state index contributed by atoms with van der Waals surface area (Å²) in [6.45, 7) is 5.84. The minimum atomic E-state index is -3.23. The van der Waals surface area contributed by atoms with E-state index >= 15 is 0 Å². The number of carbonyl (C=O) groups excluding carboxylic acids is 5. The van der Waals surface area contributed by atoms with Crippen LogP contribution in [0.3, 0.4) is 0 Å². The molecular weight excluding hydrogens is 845 g/mol. The number of rotatable bonds is 16. The van der Waals surface area contributed by atoms with Crippen molar-refractivity contribution in [2.45, 2.75) is 32.4 Å². The van der Waals surface area contributed by atoms with Crippen molar-refractivity contribution < 1.29 is 41.5 Å². The van der Waals surface area contributed by atoms with Crippen molar-refractivity contribution in [2.24, 2.45) is 5.73 Å². The van der Waals surface area contributed by atoms with Crippen LogP contribution in [0.4, 0.5) is 27.2 Å². The maximum atomic E-state index is 14.9.